The highest BCUT2D eigenvalue weighted by molar-refractivity contribution is 5.79. The van der Waals surface area contributed by atoms with Crippen LogP contribution in [0.4, 0.5) is 0 Å². The molecule has 2 fully saturated rings. The molecule has 0 N–H and O–H groups in total. The molecule has 0 aromatic heterocycles. The SMILES string of the molecule is CN1CCN(C(=O)C2CCC2)CC1. The van der Waals surface area contributed by atoms with Crippen LogP contribution in [0.15, 0.2) is 0 Å². The smallest absolute Gasteiger partial charge is 0.225 e. The summed E-state index contributed by atoms with van der Waals surface area (Å²) >= 11 is 0. The van der Waals surface area contributed by atoms with Crippen LogP contribution in [0.1, 0.15) is 19.3 Å². The molecular formula is C10H18N2O. The van der Waals surface area contributed by atoms with E-state index in [9.17, 15) is 4.79 Å². The third-order valence-electron chi connectivity index (χ3n) is 3.27. The van der Waals surface area contributed by atoms with Gasteiger partial charge in [0.1, 0.15) is 0 Å². The Kier molecular flexibility index (Phi) is 2.54. The summed E-state index contributed by atoms with van der Waals surface area (Å²) in [6.45, 7) is 3.95. The minimum Gasteiger partial charge on any atom is -0.340 e. The van der Waals surface area contributed by atoms with Crippen LogP contribution < -0.4 is 0 Å². The third-order valence-corrected chi connectivity index (χ3v) is 3.27. The van der Waals surface area contributed by atoms with E-state index in [2.05, 4.69) is 11.9 Å². The van der Waals surface area contributed by atoms with Crippen molar-refractivity contribution in [2.75, 3.05) is 33.2 Å². The number of hydrogen-bond acceptors (Lipinski definition) is 2. The van der Waals surface area contributed by atoms with Crippen molar-refractivity contribution in [2.24, 2.45) is 5.92 Å². The number of hydrogen-bond donors (Lipinski definition) is 0. The fraction of sp³-hybridized carbons (Fsp3) is 0.900. The first-order valence-electron chi connectivity index (χ1n) is 5.25. The van der Waals surface area contributed by atoms with Gasteiger partial charge in [0.25, 0.3) is 0 Å². The molecule has 0 aromatic carbocycles. The second kappa shape index (κ2) is 3.66. The van der Waals surface area contributed by atoms with Crippen LogP contribution in [0.2, 0.25) is 0 Å². The largest absolute Gasteiger partial charge is 0.340 e. The van der Waals surface area contributed by atoms with Gasteiger partial charge >= 0.3 is 0 Å². The molecule has 74 valence electrons. The molecule has 2 rings (SSSR count). The average molecular weight is 182 g/mol. The Balaban J connectivity index is 1.83. The third kappa shape index (κ3) is 1.85. The Morgan fingerprint density at radius 2 is 1.77 bits per heavy atom. The maximum absolute atomic E-state index is 11.8. The van der Waals surface area contributed by atoms with Crippen LogP contribution in [0.25, 0.3) is 0 Å². The quantitative estimate of drug-likeness (QED) is 0.591. The van der Waals surface area contributed by atoms with Crippen molar-refractivity contribution in [2.45, 2.75) is 19.3 Å². The summed E-state index contributed by atoms with van der Waals surface area (Å²) < 4.78 is 0. The van der Waals surface area contributed by atoms with E-state index in [4.69, 9.17) is 0 Å². The Hall–Kier alpha value is -0.570. The number of piperazine rings is 1. The Labute approximate surface area is 79.7 Å². The molecule has 1 heterocycles. The molecule has 2 aliphatic rings. The van der Waals surface area contributed by atoms with Crippen molar-refractivity contribution >= 4 is 5.91 Å². The predicted octanol–water partition coefficient (Wildman–Crippen LogP) is 0.560. The summed E-state index contributed by atoms with van der Waals surface area (Å²) in [5, 5.41) is 0. The summed E-state index contributed by atoms with van der Waals surface area (Å²) in [5.41, 5.74) is 0. The van der Waals surface area contributed by atoms with Gasteiger partial charge in [0.05, 0.1) is 0 Å². The summed E-state index contributed by atoms with van der Waals surface area (Å²) in [4.78, 5) is 16.1. The fourth-order valence-electron chi connectivity index (χ4n) is 1.94. The van der Waals surface area contributed by atoms with E-state index < -0.39 is 0 Å². The van der Waals surface area contributed by atoms with Gasteiger partial charge in [-0.05, 0) is 19.9 Å². The van der Waals surface area contributed by atoms with E-state index in [1.54, 1.807) is 0 Å². The summed E-state index contributed by atoms with van der Waals surface area (Å²) in [6.07, 6.45) is 3.51. The molecule has 0 aromatic rings. The highest BCUT2D eigenvalue weighted by Gasteiger charge is 2.30. The van der Waals surface area contributed by atoms with Gasteiger partial charge in [0.2, 0.25) is 5.91 Å². The first-order valence-corrected chi connectivity index (χ1v) is 5.25. The molecule has 3 heteroatoms. The van der Waals surface area contributed by atoms with Gasteiger partial charge < -0.3 is 9.80 Å². The molecule has 13 heavy (non-hydrogen) atoms. The Morgan fingerprint density at radius 3 is 2.23 bits per heavy atom. The molecule has 1 saturated heterocycles. The monoisotopic (exact) mass is 182 g/mol. The molecule has 0 unspecified atom stereocenters. The second-order valence-corrected chi connectivity index (χ2v) is 4.26. The maximum Gasteiger partial charge on any atom is 0.225 e. The maximum atomic E-state index is 11.8. The molecule has 0 atom stereocenters. The van der Waals surface area contributed by atoms with Crippen molar-refractivity contribution in [3.63, 3.8) is 0 Å². The van der Waals surface area contributed by atoms with Crippen LogP contribution in [0.5, 0.6) is 0 Å². The molecule has 0 spiro atoms. The number of likely N-dealkylation sites (N-methyl/N-ethyl adjacent to an activating group) is 1. The van der Waals surface area contributed by atoms with Gasteiger partial charge in [0.15, 0.2) is 0 Å². The summed E-state index contributed by atoms with van der Waals surface area (Å²) in [6, 6.07) is 0. The second-order valence-electron chi connectivity index (χ2n) is 4.26. The predicted molar refractivity (Wildman–Crippen MR) is 51.4 cm³/mol. The zero-order valence-corrected chi connectivity index (χ0v) is 8.33. The first-order chi connectivity index (χ1) is 6.27. The lowest BCUT2D eigenvalue weighted by molar-refractivity contribution is -0.139. The van der Waals surface area contributed by atoms with Gasteiger partial charge in [0, 0.05) is 32.1 Å². The van der Waals surface area contributed by atoms with Gasteiger partial charge in [-0.25, -0.2) is 0 Å². The number of nitrogens with zero attached hydrogens (tertiary/aromatic N) is 2. The van der Waals surface area contributed by atoms with E-state index in [1.807, 2.05) is 4.90 Å². The van der Waals surface area contributed by atoms with Crippen molar-refractivity contribution in [3.05, 3.63) is 0 Å². The van der Waals surface area contributed by atoms with Gasteiger partial charge in [-0.1, -0.05) is 6.42 Å². The number of carbonyl (C=O) groups is 1. The van der Waals surface area contributed by atoms with Crippen LogP contribution in [0, 0.1) is 5.92 Å². The number of amides is 1. The van der Waals surface area contributed by atoms with Gasteiger partial charge in [-0.2, -0.15) is 0 Å². The van der Waals surface area contributed by atoms with Crippen molar-refractivity contribution in [1.29, 1.82) is 0 Å². The van der Waals surface area contributed by atoms with Crippen molar-refractivity contribution < 1.29 is 4.79 Å². The first kappa shape index (κ1) is 9.00. The molecule has 1 amide bonds. The van der Waals surface area contributed by atoms with E-state index in [0.717, 1.165) is 39.0 Å². The standard InChI is InChI=1S/C10H18N2O/c1-11-5-7-12(8-6-11)10(13)9-3-2-4-9/h9H,2-8H2,1H3. The molecule has 0 bridgehead atoms. The van der Waals surface area contributed by atoms with Crippen LogP contribution in [-0.4, -0.2) is 48.9 Å². The summed E-state index contributed by atoms with van der Waals surface area (Å²) in [7, 11) is 2.12. The minimum absolute atomic E-state index is 0.378. The highest BCUT2D eigenvalue weighted by atomic mass is 16.2. The minimum atomic E-state index is 0.378. The van der Waals surface area contributed by atoms with Crippen molar-refractivity contribution in [3.8, 4) is 0 Å². The molecule has 1 aliphatic carbocycles. The lowest BCUT2D eigenvalue weighted by atomic mass is 9.84. The van der Waals surface area contributed by atoms with E-state index >= 15 is 0 Å². The zero-order chi connectivity index (χ0) is 9.26. The number of rotatable bonds is 1. The molecule has 1 saturated carbocycles. The molecule has 3 nitrogen and oxygen atoms in total. The zero-order valence-electron chi connectivity index (χ0n) is 8.33. The fourth-order valence-corrected chi connectivity index (χ4v) is 1.94. The van der Waals surface area contributed by atoms with Gasteiger partial charge in [-0.3, -0.25) is 4.79 Å². The summed E-state index contributed by atoms with van der Waals surface area (Å²) in [5.74, 6) is 0.794. The van der Waals surface area contributed by atoms with E-state index in [-0.39, 0.29) is 0 Å². The Morgan fingerprint density at radius 1 is 1.15 bits per heavy atom. The van der Waals surface area contributed by atoms with E-state index in [0.29, 0.717) is 11.8 Å². The Bertz CT molecular complexity index is 193. The van der Waals surface area contributed by atoms with Gasteiger partial charge in [-0.15, -0.1) is 0 Å². The molecule has 1 aliphatic heterocycles. The lowest BCUT2D eigenvalue weighted by Gasteiger charge is -2.36. The van der Waals surface area contributed by atoms with E-state index in [1.165, 1.54) is 6.42 Å². The number of carbonyl (C=O) groups excluding carboxylic acids is 1. The topological polar surface area (TPSA) is 23.6 Å². The highest BCUT2D eigenvalue weighted by Crippen LogP contribution is 2.28. The average Bonchev–Trinajstić information content (AvgIpc) is 2.02. The normalized spacial score (nSPS) is 25.8. The van der Waals surface area contributed by atoms with Crippen LogP contribution >= 0.6 is 0 Å². The molecule has 0 radical (unpaired) electrons. The van der Waals surface area contributed by atoms with Crippen LogP contribution in [0.3, 0.4) is 0 Å². The molecular weight excluding hydrogens is 164 g/mol. The van der Waals surface area contributed by atoms with Crippen molar-refractivity contribution in [1.82, 2.24) is 9.80 Å². The lowest BCUT2D eigenvalue weighted by Crippen LogP contribution is -2.49. The van der Waals surface area contributed by atoms with Crippen LogP contribution in [-0.2, 0) is 4.79 Å².